The summed E-state index contributed by atoms with van der Waals surface area (Å²) in [6, 6.07) is 15.2. The van der Waals surface area contributed by atoms with Gasteiger partial charge in [0.1, 0.15) is 24.4 Å². The molecule has 1 aliphatic heterocycles. The molecule has 4 atom stereocenters. The van der Waals surface area contributed by atoms with Crippen LogP contribution >= 0.6 is 11.6 Å². The Hall–Kier alpha value is -2.45. The summed E-state index contributed by atoms with van der Waals surface area (Å²) in [5.41, 5.74) is 0.794. The van der Waals surface area contributed by atoms with Gasteiger partial charge in [0.05, 0.1) is 10.6 Å². The first kappa shape index (κ1) is 20.3. The Morgan fingerprint density at radius 2 is 1.39 bits per heavy atom. The number of carbonyl (C=O) groups is 2. The van der Waals surface area contributed by atoms with Gasteiger partial charge in [-0.2, -0.15) is 0 Å². The van der Waals surface area contributed by atoms with Crippen molar-refractivity contribution in [2.75, 3.05) is 13.1 Å². The molecule has 2 aromatic carbocycles. The van der Waals surface area contributed by atoms with Crippen LogP contribution in [0.4, 0.5) is 0 Å². The molecule has 0 saturated carbocycles. The van der Waals surface area contributed by atoms with Crippen LogP contribution in [0, 0.1) is 0 Å². The average Bonchev–Trinajstić information content (AvgIpc) is 2.99. The van der Waals surface area contributed by atoms with E-state index in [2.05, 4.69) is 10.6 Å². The third-order valence-electron chi connectivity index (χ3n) is 4.54. The minimum Gasteiger partial charge on any atom is -0.388 e. The van der Waals surface area contributed by atoms with E-state index in [4.69, 9.17) is 16.3 Å². The zero-order valence-electron chi connectivity index (χ0n) is 14.9. The van der Waals surface area contributed by atoms with Crippen molar-refractivity contribution in [1.82, 2.24) is 10.6 Å². The Kier molecular flexibility index (Phi) is 6.64. The van der Waals surface area contributed by atoms with Crippen LogP contribution in [0.1, 0.15) is 20.7 Å². The monoisotopic (exact) mass is 404 g/mol. The molecule has 1 heterocycles. The molecular formula is C20H21ClN2O5. The van der Waals surface area contributed by atoms with Gasteiger partial charge in [0.15, 0.2) is 0 Å². The lowest BCUT2D eigenvalue weighted by Crippen LogP contribution is -2.41. The molecule has 2 amide bonds. The van der Waals surface area contributed by atoms with E-state index in [1.807, 2.05) is 0 Å². The zero-order valence-corrected chi connectivity index (χ0v) is 15.7. The lowest BCUT2D eigenvalue weighted by atomic mass is 10.1. The fourth-order valence-corrected chi connectivity index (χ4v) is 3.20. The topological polar surface area (TPSA) is 108 Å². The van der Waals surface area contributed by atoms with Crippen molar-refractivity contribution in [3.63, 3.8) is 0 Å². The molecule has 0 bridgehead atoms. The standard InChI is InChI=1S/C20H21ClN2O5/c21-14-9-5-4-8-13(14)20(27)23-11-16-18(25)17(24)15(28-16)10-22-19(26)12-6-2-1-3-7-12/h1-9,15-18,24-25H,10-11H2,(H,22,26)(H,23,27)/t15-,16+,17-,18+/m0/s1. The number of nitrogens with one attached hydrogen (secondary N) is 2. The number of benzene rings is 2. The van der Waals surface area contributed by atoms with Crippen molar-refractivity contribution >= 4 is 23.4 Å². The molecule has 148 valence electrons. The largest absolute Gasteiger partial charge is 0.388 e. The summed E-state index contributed by atoms with van der Waals surface area (Å²) in [7, 11) is 0. The summed E-state index contributed by atoms with van der Waals surface area (Å²) in [4.78, 5) is 24.3. The second kappa shape index (κ2) is 9.16. The maximum atomic E-state index is 12.2. The second-order valence-electron chi connectivity index (χ2n) is 6.46. The fourth-order valence-electron chi connectivity index (χ4n) is 2.98. The maximum Gasteiger partial charge on any atom is 0.252 e. The lowest BCUT2D eigenvalue weighted by Gasteiger charge is -2.16. The van der Waals surface area contributed by atoms with Crippen LogP contribution in [0.2, 0.25) is 5.02 Å². The van der Waals surface area contributed by atoms with Crippen LogP contribution in [-0.2, 0) is 4.74 Å². The summed E-state index contributed by atoms with van der Waals surface area (Å²) in [6.07, 6.45) is -3.96. The van der Waals surface area contributed by atoms with Gasteiger partial charge in [0.2, 0.25) is 0 Å². The predicted octanol–water partition coefficient (Wildman–Crippen LogP) is 0.989. The zero-order chi connectivity index (χ0) is 20.1. The van der Waals surface area contributed by atoms with Crippen LogP contribution in [0.25, 0.3) is 0 Å². The number of aliphatic hydroxyl groups excluding tert-OH is 2. The minimum absolute atomic E-state index is 0.00852. The van der Waals surface area contributed by atoms with Crippen LogP contribution < -0.4 is 10.6 Å². The van der Waals surface area contributed by atoms with Crippen molar-refractivity contribution in [2.24, 2.45) is 0 Å². The molecule has 28 heavy (non-hydrogen) atoms. The van der Waals surface area contributed by atoms with Gasteiger partial charge in [-0.15, -0.1) is 0 Å². The van der Waals surface area contributed by atoms with Crippen molar-refractivity contribution in [2.45, 2.75) is 24.4 Å². The molecule has 0 aliphatic carbocycles. The SMILES string of the molecule is O=C(NC[C@@H]1O[C@H](CNC(=O)c2ccccc2Cl)[C@@H](O)[C@H]1O)c1ccccc1. The third kappa shape index (κ3) is 4.69. The van der Waals surface area contributed by atoms with Gasteiger partial charge in [-0.25, -0.2) is 0 Å². The van der Waals surface area contributed by atoms with E-state index in [0.717, 1.165) is 0 Å². The highest BCUT2D eigenvalue weighted by Crippen LogP contribution is 2.21. The first-order valence-electron chi connectivity index (χ1n) is 8.85. The molecule has 4 N–H and O–H groups in total. The van der Waals surface area contributed by atoms with E-state index in [1.54, 1.807) is 54.6 Å². The molecule has 7 nitrogen and oxygen atoms in total. The number of rotatable bonds is 6. The van der Waals surface area contributed by atoms with Crippen LogP contribution in [0.15, 0.2) is 54.6 Å². The Balaban J connectivity index is 1.52. The van der Waals surface area contributed by atoms with Crippen LogP contribution in [0.5, 0.6) is 0 Å². The first-order chi connectivity index (χ1) is 13.5. The molecule has 1 aliphatic rings. The van der Waals surface area contributed by atoms with E-state index in [9.17, 15) is 19.8 Å². The lowest BCUT2D eigenvalue weighted by molar-refractivity contribution is 0.01000. The number of aliphatic hydroxyl groups is 2. The number of amides is 2. The van der Waals surface area contributed by atoms with Crippen molar-refractivity contribution in [1.29, 1.82) is 0 Å². The molecule has 0 spiro atoms. The van der Waals surface area contributed by atoms with E-state index in [-0.39, 0.29) is 19.0 Å². The van der Waals surface area contributed by atoms with Gasteiger partial charge in [-0.1, -0.05) is 41.9 Å². The van der Waals surface area contributed by atoms with Gasteiger partial charge in [-0.3, -0.25) is 9.59 Å². The molecule has 1 fully saturated rings. The van der Waals surface area contributed by atoms with E-state index >= 15 is 0 Å². The smallest absolute Gasteiger partial charge is 0.252 e. The number of hydrogen-bond acceptors (Lipinski definition) is 5. The number of carbonyl (C=O) groups excluding carboxylic acids is 2. The summed E-state index contributed by atoms with van der Waals surface area (Å²) in [5.74, 6) is -0.710. The highest BCUT2D eigenvalue weighted by Gasteiger charge is 2.42. The number of ether oxygens (including phenoxy) is 1. The minimum atomic E-state index is -1.19. The van der Waals surface area contributed by atoms with E-state index in [0.29, 0.717) is 16.1 Å². The molecule has 0 unspecified atom stereocenters. The molecule has 3 rings (SSSR count). The first-order valence-corrected chi connectivity index (χ1v) is 9.22. The van der Waals surface area contributed by atoms with E-state index < -0.39 is 30.3 Å². The van der Waals surface area contributed by atoms with Crippen LogP contribution in [0.3, 0.4) is 0 Å². The quantitative estimate of drug-likeness (QED) is 0.574. The van der Waals surface area contributed by atoms with Gasteiger partial charge in [0, 0.05) is 18.7 Å². The Labute approximate surface area is 167 Å². The average molecular weight is 405 g/mol. The number of hydrogen-bond donors (Lipinski definition) is 4. The van der Waals surface area contributed by atoms with Crippen molar-refractivity contribution < 1.29 is 24.5 Å². The van der Waals surface area contributed by atoms with Gasteiger partial charge in [-0.05, 0) is 24.3 Å². The van der Waals surface area contributed by atoms with Gasteiger partial charge < -0.3 is 25.6 Å². The molecule has 2 aromatic rings. The maximum absolute atomic E-state index is 12.2. The Bertz CT molecular complexity index is 832. The Morgan fingerprint density at radius 1 is 0.857 bits per heavy atom. The summed E-state index contributed by atoms with van der Waals surface area (Å²) < 4.78 is 5.63. The summed E-state index contributed by atoms with van der Waals surface area (Å²) in [6.45, 7) is 0.0202. The normalized spacial score (nSPS) is 24.0. The van der Waals surface area contributed by atoms with Crippen molar-refractivity contribution in [3.8, 4) is 0 Å². The summed E-state index contributed by atoms with van der Waals surface area (Å²) in [5, 5.41) is 26.0. The highest BCUT2D eigenvalue weighted by molar-refractivity contribution is 6.33. The molecule has 8 heteroatoms. The predicted molar refractivity (Wildman–Crippen MR) is 103 cm³/mol. The highest BCUT2D eigenvalue weighted by atomic mass is 35.5. The number of halogens is 1. The molecule has 0 aromatic heterocycles. The second-order valence-corrected chi connectivity index (χ2v) is 6.87. The van der Waals surface area contributed by atoms with Crippen LogP contribution in [-0.4, -0.2) is 59.5 Å². The third-order valence-corrected chi connectivity index (χ3v) is 4.87. The fraction of sp³-hybridized carbons (Fsp3) is 0.300. The van der Waals surface area contributed by atoms with Gasteiger partial charge >= 0.3 is 0 Å². The summed E-state index contributed by atoms with van der Waals surface area (Å²) >= 11 is 5.99. The van der Waals surface area contributed by atoms with Crippen molar-refractivity contribution in [3.05, 3.63) is 70.7 Å². The molecule has 1 saturated heterocycles. The van der Waals surface area contributed by atoms with E-state index in [1.165, 1.54) is 0 Å². The Morgan fingerprint density at radius 3 is 2.00 bits per heavy atom. The molecular weight excluding hydrogens is 384 g/mol. The van der Waals surface area contributed by atoms with Gasteiger partial charge in [0.25, 0.3) is 11.8 Å². The molecule has 0 radical (unpaired) electrons.